The van der Waals surface area contributed by atoms with Crippen LogP contribution < -0.4 is 5.46 Å². The second-order valence-electron chi connectivity index (χ2n) is 4.81. The van der Waals surface area contributed by atoms with Crippen LogP contribution in [-0.2, 0) is 4.74 Å². The molecule has 0 amide bonds. The number of carboxylic acid groups (broad SMARTS) is 1. The third kappa shape index (κ3) is 2.08. The first-order valence-electron chi connectivity index (χ1n) is 6.40. The summed E-state index contributed by atoms with van der Waals surface area (Å²) < 4.78 is 20.7. The van der Waals surface area contributed by atoms with Crippen LogP contribution in [0, 0.1) is 5.82 Å². The van der Waals surface area contributed by atoms with Gasteiger partial charge in [-0.2, -0.15) is 5.10 Å². The summed E-state index contributed by atoms with van der Waals surface area (Å²) >= 11 is 0. The summed E-state index contributed by atoms with van der Waals surface area (Å²) in [6, 6.07) is 2.52. The van der Waals surface area contributed by atoms with Gasteiger partial charge in [0.2, 0.25) is 0 Å². The summed E-state index contributed by atoms with van der Waals surface area (Å²) in [4.78, 5) is 11.3. The third-order valence-electron chi connectivity index (χ3n) is 3.46. The molecule has 1 N–H and O–H groups in total. The number of halogens is 1. The maximum Gasteiger partial charge on any atom is 0.357 e. The van der Waals surface area contributed by atoms with Crippen molar-refractivity contribution in [3.05, 3.63) is 23.6 Å². The smallest absolute Gasteiger partial charge is 0.357 e. The van der Waals surface area contributed by atoms with Crippen LogP contribution >= 0.6 is 0 Å². The Balaban J connectivity index is 2.20. The molecule has 0 spiro atoms. The Morgan fingerprint density at radius 3 is 2.95 bits per heavy atom. The molecule has 1 atom stereocenters. The SMILES string of the molecule is [B]c1cc2c(C(=O)O)nn(C3CCCCO3)c2cc1F. The maximum absolute atomic E-state index is 13.7. The summed E-state index contributed by atoms with van der Waals surface area (Å²) in [6.07, 6.45) is 2.29. The van der Waals surface area contributed by atoms with E-state index in [9.17, 15) is 14.3 Å². The molecule has 0 saturated carbocycles. The van der Waals surface area contributed by atoms with Gasteiger partial charge in [-0.1, -0.05) is 11.5 Å². The van der Waals surface area contributed by atoms with Crippen molar-refractivity contribution in [2.24, 2.45) is 0 Å². The summed E-state index contributed by atoms with van der Waals surface area (Å²) in [5.41, 5.74) is 0.158. The molecule has 102 valence electrons. The maximum atomic E-state index is 13.7. The number of carbonyl (C=O) groups is 1. The van der Waals surface area contributed by atoms with Gasteiger partial charge in [-0.25, -0.2) is 13.9 Å². The lowest BCUT2D eigenvalue weighted by Gasteiger charge is -2.23. The fourth-order valence-electron chi connectivity index (χ4n) is 2.47. The molecule has 2 aromatic rings. The zero-order valence-corrected chi connectivity index (χ0v) is 10.7. The van der Waals surface area contributed by atoms with Crippen molar-refractivity contribution in [2.45, 2.75) is 25.5 Å². The Morgan fingerprint density at radius 1 is 1.50 bits per heavy atom. The Bertz CT molecular complexity index is 680. The molecule has 0 bridgehead atoms. The number of rotatable bonds is 2. The topological polar surface area (TPSA) is 64.3 Å². The van der Waals surface area contributed by atoms with Crippen LogP contribution in [0.4, 0.5) is 4.39 Å². The van der Waals surface area contributed by atoms with Crippen LogP contribution in [0.5, 0.6) is 0 Å². The zero-order valence-electron chi connectivity index (χ0n) is 10.7. The van der Waals surface area contributed by atoms with Gasteiger partial charge < -0.3 is 9.84 Å². The van der Waals surface area contributed by atoms with Crippen molar-refractivity contribution >= 4 is 30.2 Å². The molecule has 3 rings (SSSR count). The minimum Gasteiger partial charge on any atom is -0.476 e. The van der Waals surface area contributed by atoms with E-state index in [1.807, 2.05) is 0 Å². The molecular weight excluding hydrogens is 262 g/mol. The van der Waals surface area contributed by atoms with Crippen LogP contribution in [0.25, 0.3) is 10.9 Å². The molecule has 1 aliphatic heterocycles. The Morgan fingerprint density at radius 2 is 2.30 bits per heavy atom. The van der Waals surface area contributed by atoms with Gasteiger partial charge in [-0.05, 0) is 25.3 Å². The van der Waals surface area contributed by atoms with Crippen molar-refractivity contribution in [2.75, 3.05) is 6.61 Å². The molecule has 1 unspecified atom stereocenters. The van der Waals surface area contributed by atoms with Crippen molar-refractivity contribution in [1.29, 1.82) is 0 Å². The molecule has 1 fully saturated rings. The summed E-state index contributed by atoms with van der Waals surface area (Å²) in [7, 11) is 5.51. The van der Waals surface area contributed by atoms with E-state index in [1.54, 1.807) is 0 Å². The van der Waals surface area contributed by atoms with E-state index in [0.29, 0.717) is 17.5 Å². The Kier molecular flexibility index (Phi) is 3.21. The van der Waals surface area contributed by atoms with E-state index in [4.69, 9.17) is 12.6 Å². The van der Waals surface area contributed by atoms with Gasteiger partial charge in [-0.15, -0.1) is 0 Å². The van der Waals surface area contributed by atoms with Crippen LogP contribution in [0.1, 0.15) is 36.0 Å². The highest BCUT2D eigenvalue weighted by Gasteiger charge is 2.24. The highest BCUT2D eigenvalue weighted by molar-refractivity contribution is 6.33. The van der Waals surface area contributed by atoms with E-state index in [-0.39, 0.29) is 17.4 Å². The molecule has 0 aliphatic carbocycles. The van der Waals surface area contributed by atoms with Gasteiger partial charge in [0.15, 0.2) is 11.9 Å². The number of aromatic carboxylic acids is 1. The largest absolute Gasteiger partial charge is 0.476 e. The molecule has 5 nitrogen and oxygen atoms in total. The number of benzene rings is 1. The fraction of sp³-hybridized carbons (Fsp3) is 0.385. The van der Waals surface area contributed by atoms with Crippen molar-refractivity contribution in [3.63, 3.8) is 0 Å². The lowest BCUT2D eigenvalue weighted by molar-refractivity contribution is -0.0368. The third-order valence-corrected chi connectivity index (χ3v) is 3.46. The molecular formula is C13H12BFN2O3. The van der Waals surface area contributed by atoms with Gasteiger partial charge in [0.25, 0.3) is 0 Å². The average molecular weight is 274 g/mol. The molecule has 20 heavy (non-hydrogen) atoms. The number of ether oxygens (including phenoxy) is 1. The van der Waals surface area contributed by atoms with Gasteiger partial charge in [0.05, 0.1) is 5.52 Å². The first-order valence-corrected chi connectivity index (χ1v) is 6.40. The molecule has 7 heteroatoms. The van der Waals surface area contributed by atoms with Crippen molar-refractivity contribution < 1.29 is 19.0 Å². The van der Waals surface area contributed by atoms with Crippen molar-refractivity contribution in [1.82, 2.24) is 9.78 Å². The summed E-state index contributed by atoms with van der Waals surface area (Å²) in [5.74, 6) is -1.76. The monoisotopic (exact) mass is 274 g/mol. The zero-order chi connectivity index (χ0) is 14.3. The lowest BCUT2D eigenvalue weighted by Crippen LogP contribution is -2.19. The summed E-state index contributed by atoms with van der Waals surface area (Å²) in [5, 5.41) is 13.6. The van der Waals surface area contributed by atoms with E-state index in [2.05, 4.69) is 5.10 Å². The predicted octanol–water partition coefficient (Wildman–Crippen LogP) is 1.37. The number of carboxylic acids is 1. The predicted molar refractivity (Wildman–Crippen MR) is 70.9 cm³/mol. The molecule has 1 aliphatic rings. The highest BCUT2D eigenvalue weighted by Crippen LogP contribution is 2.28. The second kappa shape index (κ2) is 4.90. The van der Waals surface area contributed by atoms with Gasteiger partial charge >= 0.3 is 5.97 Å². The Hall–Kier alpha value is -1.89. The Labute approximate surface area is 115 Å². The standard InChI is InChI=1S/C13H12BFN2O3/c14-8-5-7-10(6-9(8)15)17(16-12(7)13(18)19)11-3-1-2-4-20-11/h5-6,11H,1-4H2,(H,18,19). The minimum absolute atomic E-state index is 0.0934. The normalized spacial score (nSPS) is 19.4. The number of fused-ring (bicyclic) bond motifs is 1. The number of hydrogen-bond acceptors (Lipinski definition) is 3. The average Bonchev–Trinajstić information content (AvgIpc) is 2.79. The molecule has 1 saturated heterocycles. The van der Waals surface area contributed by atoms with Gasteiger partial charge in [0.1, 0.15) is 13.7 Å². The first kappa shape index (κ1) is 13.1. The first-order chi connectivity index (χ1) is 9.58. The van der Waals surface area contributed by atoms with E-state index in [0.717, 1.165) is 19.3 Å². The van der Waals surface area contributed by atoms with Crippen LogP contribution in [0.15, 0.2) is 12.1 Å². The quantitative estimate of drug-likeness (QED) is 0.840. The van der Waals surface area contributed by atoms with Crippen LogP contribution in [0.3, 0.4) is 0 Å². The fourth-order valence-corrected chi connectivity index (χ4v) is 2.47. The van der Waals surface area contributed by atoms with E-state index < -0.39 is 11.8 Å². The van der Waals surface area contributed by atoms with Crippen LogP contribution in [0.2, 0.25) is 0 Å². The second-order valence-corrected chi connectivity index (χ2v) is 4.81. The van der Waals surface area contributed by atoms with E-state index in [1.165, 1.54) is 16.8 Å². The molecule has 2 heterocycles. The van der Waals surface area contributed by atoms with Gasteiger partial charge in [0, 0.05) is 12.0 Å². The number of nitrogens with zero attached hydrogens (tertiary/aromatic N) is 2. The highest BCUT2D eigenvalue weighted by atomic mass is 19.1. The molecule has 1 aromatic carbocycles. The van der Waals surface area contributed by atoms with E-state index >= 15 is 0 Å². The number of aromatic nitrogens is 2. The number of hydrogen-bond donors (Lipinski definition) is 1. The van der Waals surface area contributed by atoms with Gasteiger partial charge in [-0.3, -0.25) is 0 Å². The molecule has 2 radical (unpaired) electrons. The lowest BCUT2D eigenvalue weighted by atomic mass is 9.93. The molecule has 1 aromatic heterocycles. The minimum atomic E-state index is -1.17. The van der Waals surface area contributed by atoms with Crippen molar-refractivity contribution in [3.8, 4) is 0 Å². The summed E-state index contributed by atoms with van der Waals surface area (Å²) in [6.45, 7) is 0.589. The van der Waals surface area contributed by atoms with Crippen LogP contribution in [-0.4, -0.2) is 35.3 Å².